The second-order valence-corrected chi connectivity index (χ2v) is 15.2. The molecule has 2 atom stereocenters. The molecule has 0 amide bonds. The summed E-state index contributed by atoms with van der Waals surface area (Å²) < 4.78 is 26.1. The molecule has 0 spiro atoms. The zero-order chi connectivity index (χ0) is 35.4. The largest absolute Gasteiger partial charge is 1.00 e. The first kappa shape index (κ1) is 51.2. The van der Waals surface area contributed by atoms with Crippen molar-refractivity contribution in [2.24, 2.45) is 0 Å². The Bertz CT molecular complexity index is 763. The minimum Gasteiger partial charge on any atom is -0.756 e. The fourth-order valence-corrected chi connectivity index (χ4v) is 6.43. The molecule has 0 aliphatic carbocycles. The zero-order valence-corrected chi connectivity index (χ0v) is 35.3. The number of carbonyl (C=O) groups excluding carboxylic acids is 2. The second kappa shape index (κ2) is 39.3. The van der Waals surface area contributed by atoms with E-state index in [-0.39, 0.29) is 49.0 Å². The standard InChI is InChI=1S/C39H77O8P.Na/c1-3-5-7-9-11-13-15-17-19-21-23-25-27-29-31-33-38(40)45-35-37(36-46-48(42,43)44)47-39(41)34-32-30-28-26-24-22-20-18-16-14-12-10-8-6-4-2;/h37H,3-36H2,1-2H3,(H2,42,43,44);/q;+1/p-1/t37-;/m1./s1. The Morgan fingerprint density at radius 2 is 0.796 bits per heavy atom. The van der Waals surface area contributed by atoms with Crippen molar-refractivity contribution >= 4 is 19.8 Å². The van der Waals surface area contributed by atoms with Crippen LogP contribution in [-0.2, 0) is 28.2 Å². The van der Waals surface area contributed by atoms with Crippen molar-refractivity contribution in [2.75, 3.05) is 13.2 Å². The summed E-state index contributed by atoms with van der Waals surface area (Å²) in [4.78, 5) is 44.6. The van der Waals surface area contributed by atoms with Crippen LogP contribution >= 0.6 is 7.82 Å². The van der Waals surface area contributed by atoms with Crippen LogP contribution in [0.2, 0.25) is 0 Å². The SMILES string of the molecule is CCCCCCCCCCCCCCCCCC(=O)OC[C@H](COP(=O)([O-])O)OC(=O)CCCCCCCCCCCCCCCCC.[Na+]. The van der Waals surface area contributed by atoms with E-state index in [2.05, 4.69) is 18.4 Å². The van der Waals surface area contributed by atoms with Crippen LogP contribution in [-0.4, -0.2) is 36.1 Å². The predicted octanol–water partition coefficient (Wildman–Crippen LogP) is 8.45. The first-order chi connectivity index (χ1) is 23.3. The van der Waals surface area contributed by atoms with Crippen LogP contribution in [0.1, 0.15) is 219 Å². The summed E-state index contributed by atoms with van der Waals surface area (Å²) in [5, 5.41) is 0. The summed E-state index contributed by atoms with van der Waals surface area (Å²) in [7, 11) is -4.99. The summed E-state index contributed by atoms with van der Waals surface area (Å²) in [5.41, 5.74) is 0. The molecule has 8 nitrogen and oxygen atoms in total. The number of esters is 2. The van der Waals surface area contributed by atoms with Crippen molar-refractivity contribution in [3.05, 3.63) is 0 Å². The number of phosphoric acid groups is 1. The van der Waals surface area contributed by atoms with Gasteiger partial charge in [0.15, 0.2) is 6.10 Å². The van der Waals surface area contributed by atoms with E-state index in [1.807, 2.05) is 0 Å². The van der Waals surface area contributed by atoms with Gasteiger partial charge < -0.3 is 23.8 Å². The summed E-state index contributed by atoms with van der Waals surface area (Å²) in [6, 6.07) is 0. The molecule has 0 heterocycles. The minimum absolute atomic E-state index is 0. The molecule has 286 valence electrons. The average Bonchev–Trinajstić information content (AvgIpc) is 3.05. The fourth-order valence-electron chi connectivity index (χ4n) is 6.08. The predicted molar refractivity (Wildman–Crippen MR) is 196 cm³/mol. The maximum Gasteiger partial charge on any atom is 1.00 e. The van der Waals surface area contributed by atoms with Crippen molar-refractivity contribution in [3.8, 4) is 0 Å². The molecule has 0 bridgehead atoms. The molecule has 0 aliphatic rings. The van der Waals surface area contributed by atoms with Gasteiger partial charge in [-0.3, -0.25) is 14.2 Å². The van der Waals surface area contributed by atoms with Crippen LogP contribution in [0.5, 0.6) is 0 Å². The first-order valence-corrected chi connectivity index (χ1v) is 21.8. The number of phosphoric ester groups is 1. The second-order valence-electron chi connectivity index (χ2n) is 14.0. The van der Waals surface area contributed by atoms with Gasteiger partial charge in [-0.2, -0.15) is 0 Å². The molecule has 10 heteroatoms. The van der Waals surface area contributed by atoms with Crippen molar-refractivity contribution < 1.29 is 67.5 Å². The van der Waals surface area contributed by atoms with Crippen LogP contribution in [0.15, 0.2) is 0 Å². The third kappa shape index (κ3) is 42.4. The molecule has 0 aromatic rings. The van der Waals surface area contributed by atoms with Crippen molar-refractivity contribution in [2.45, 2.75) is 225 Å². The maximum atomic E-state index is 12.4. The van der Waals surface area contributed by atoms with Gasteiger partial charge in [0, 0.05) is 12.8 Å². The first-order valence-electron chi connectivity index (χ1n) is 20.3. The van der Waals surface area contributed by atoms with Crippen LogP contribution < -0.4 is 34.5 Å². The Kier molecular flexibility index (Phi) is 41.0. The summed E-state index contributed by atoms with van der Waals surface area (Å²) >= 11 is 0. The van der Waals surface area contributed by atoms with Gasteiger partial charge in [0.1, 0.15) is 6.61 Å². The Hall–Kier alpha value is 0.0500. The van der Waals surface area contributed by atoms with Crippen LogP contribution in [0, 0.1) is 0 Å². The molecule has 1 N–H and O–H groups in total. The van der Waals surface area contributed by atoms with E-state index in [0.29, 0.717) is 6.42 Å². The van der Waals surface area contributed by atoms with E-state index < -0.39 is 32.5 Å². The van der Waals surface area contributed by atoms with Crippen molar-refractivity contribution in [1.82, 2.24) is 0 Å². The number of unbranched alkanes of at least 4 members (excludes halogenated alkanes) is 28. The maximum absolute atomic E-state index is 12.4. The van der Waals surface area contributed by atoms with E-state index in [4.69, 9.17) is 14.4 Å². The van der Waals surface area contributed by atoms with Crippen LogP contribution in [0.25, 0.3) is 0 Å². The number of rotatable bonds is 38. The number of ether oxygens (including phenoxy) is 2. The van der Waals surface area contributed by atoms with E-state index >= 15 is 0 Å². The topological polar surface area (TPSA) is 122 Å². The van der Waals surface area contributed by atoms with Crippen molar-refractivity contribution in [1.29, 1.82) is 0 Å². The van der Waals surface area contributed by atoms with E-state index in [0.717, 1.165) is 38.5 Å². The van der Waals surface area contributed by atoms with E-state index in [9.17, 15) is 19.0 Å². The molecule has 0 aromatic heterocycles. The minimum atomic E-state index is -4.99. The third-order valence-electron chi connectivity index (χ3n) is 9.12. The molecular formula is C39H76NaO8P. The van der Waals surface area contributed by atoms with Gasteiger partial charge in [0.25, 0.3) is 7.82 Å². The number of carbonyl (C=O) groups is 2. The molecule has 0 aromatic carbocycles. The van der Waals surface area contributed by atoms with Gasteiger partial charge in [-0.1, -0.05) is 194 Å². The quantitative estimate of drug-likeness (QED) is 0.0291. The Morgan fingerprint density at radius 3 is 1.10 bits per heavy atom. The molecule has 0 aliphatic heterocycles. The van der Waals surface area contributed by atoms with Gasteiger partial charge in [0.05, 0.1) is 6.61 Å². The number of hydrogen-bond acceptors (Lipinski definition) is 7. The van der Waals surface area contributed by atoms with E-state index in [1.165, 1.54) is 148 Å². The van der Waals surface area contributed by atoms with Crippen molar-refractivity contribution in [3.63, 3.8) is 0 Å². The molecular weight excluding hydrogens is 650 g/mol. The fraction of sp³-hybridized carbons (Fsp3) is 0.949. The monoisotopic (exact) mass is 727 g/mol. The van der Waals surface area contributed by atoms with E-state index in [1.54, 1.807) is 0 Å². The summed E-state index contributed by atoms with van der Waals surface area (Å²) in [5.74, 6) is -0.905. The molecule has 0 saturated heterocycles. The molecule has 0 fully saturated rings. The van der Waals surface area contributed by atoms with Gasteiger partial charge in [0.2, 0.25) is 0 Å². The molecule has 0 radical (unpaired) electrons. The molecule has 0 saturated carbocycles. The Balaban J connectivity index is 0. The summed E-state index contributed by atoms with van der Waals surface area (Å²) in [6.45, 7) is 3.62. The normalized spacial score (nSPS) is 13.1. The van der Waals surface area contributed by atoms with Crippen LogP contribution in [0.4, 0.5) is 0 Å². The third-order valence-corrected chi connectivity index (χ3v) is 9.60. The number of hydrogen-bond donors (Lipinski definition) is 1. The van der Waals surface area contributed by atoms with Gasteiger partial charge in [-0.15, -0.1) is 0 Å². The van der Waals surface area contributed by atoms with Gasteiger partial charge in [-0.25, -0.2) is 0 Å². The molecule has 0 rings (SSSR count). The average molecular weight is 727 g/mol. The summed E-state index contributed by atoms with van der Waals surface area (Å²) in [6.07, 6.45) is 36.5. The van der Waals surface area contributed by atoms with Crippen LogP contribution in [0.3, 0.4) is 0 Å². The van der Waals surface area contributed by atoms with Gasteiger partial charge in [-0.05, 0) is 12.8 Å². The zero-order valence-electron chi connectivity index (χ0n) is 32.4. The Labute approximate surface area is 324 Å². The van der Waals surface area contributed by atoms with Gasteiger partial charge >= 0.3 is 41.5 Å². The Morgan fingerprint density at radius 1 is 0.510 bits per heavy atom. The molecule has 1 unspecified atom stereocenters. The molecule has 49 heavy (non-hydrogen) atoms. The smallest absolute Gasteiger partial charge is 0.756 e.